The number of carbonyl (C=O) groups is 1. The molecule has 11 nitrogen and oxygen atoms in total. The molecule has 0 spiro atoms. The molecule has 0 unspecified atom stereocenters. The lowest BCUT2D eigenvalue weighted by atomic mass is 9.93. The van der Waals surface area contributed by atoms with Crippen molar-refractivity contribution in [2.45, 2.75) is 32.6 Å². The van der Waals surface area contributed by atoms with Crippen molar-refractivity contribution in [2.24, 2.45) is 0 Å². The molecule has 2 amide bonds. The fraction of sp³-hybridized carbons (Fsp3) is 0.400. The fourth-order valence-electron chi connectivity index (χ4n) is 4.40. The number of rotatable bonds is 10. The third kappa shape index (κ3) is 7.62. The van der Waals surface area contributed by atoms with Gasteiger partial charge in [0.2, 0.25) is 5.88 Å². The Labute approximate surface area is 249 Å². The summed E-state index contributed by atoms with van der Waals surface area (Å²) in [6, 6.07) is 11.9. The van der Waals surface area contributed by atoms with Crippen LogP contribution in [0.5, 0.6) is 23.1 Å². The van der Waals surface area contributed by atoms with Crippen LogP contribution >= 0.6 is 11.8 Å². The molecule has 222 valence electrons. The Balaban J connectivity index is 1.25. The van der Waals surface area contributed by atoms with Crippen LogP contribution < -0.4 is 24.8 Å². The highest BCUT2D eigenvalue weighted by molar-refractivity contribution is 7.99. The molecule has 4 aromatic rings. The minimum Gasteiger partial charge on any atom is -0.493 e. The van der Waals surface area contributed by atoms with E-state index < -0.39 is 6.03 Å². The first-order valence-electron chi connectivity index (χ1n) is 13.9. The van der Waals surface area contributed by atoms with E-state index in [9.17, 15) is 4.79 Å². The van der Waals surface area contributed by atoms with Gasteiger partial charge in [0.1, 0.15) is 17.8 Å². The number of fused-ring (bicyclic) bond motifs is 1. The van der Waals surface area contributed by atoms with Crippen molar-refractivity contribution in [3.05, 3.63) is 54.6 Å². The summed E-state index contributed by atoms with van der Waals surface area (Å²) in [5.41, 5.74) is 0.969. The Morgan fingerprint density at radius 2 is 1.90 bits per heavy atom. The first-order valence-corrected chi connectivity index (χ1v) is 15.0. The summed E-state index contributed by atoms with van der Waals surface area (Å²) in [4.78, 5) is 23.8. The summed E-state index contributed by atoms with van der Waals surface area (Å²) < 4.78 is 23.2. The van der Waals surface area contributed by atoms with Gasteiger partial charge in [-0.05, 0) is 24.6 Å². The van der Waals surface area contributed by atoms with E-state index in [1.807, 2.05) is 44.7 Å². The number of hydrogen-bond acceptors (Lipinski definition) is 10. The molecule has 0 aliphatic carbocycles. The molecule has 2 N–H and O–H groups in total. The molecular weight excluding hydrogens is 556 g/mol. The molecule has 2 aromatic heterocycles. The maximum absolute atomic E-state index is 12.6. The topological polar surface area (TPSA) is 124 Å². The number of hydrogen-bond donors (Lipinski definition) is 2. The number of benzene rings is 2. The predicted molar refractivity (Wildman–Crippen MR) is 164 cm³/mol. The molecule has 42 heavy (non-hydrogen) atoms. The Morgan fingerprint density at radius 1 is 1.07 bits per heavy atom. The smallest absolute Gasteiger partial charge is 0.324 e. The Kier molecular flexibility index (Phi) is 9.33. The second-order valence-corrected chi connectivity index (χ2v) is 12.1. The Hall–Kier alpha value is -4.03. The molecule has 1 fully saturated rings. The van der Waals surface area contributed by atoms with E-state index in [1.54, 1.807) is 37.4 Å². The maximum Gasteiger partial charge on any atom is 0.324 e. The number of methoxy groups -OCH3 is 1. The average Bonchev–Trinajstić information content (AvgIpc) is 3.45. The van der Waals surface area contributed by atoms with Crippen LogP contribution in [0.2, 0.25) is 0 Å². The molecule has 0 bridgehead atoms. The molecule has 0 saturated carbocycles. The first kappa shape index (κ1) is 29.5. The third-order valence-electron chi connectivity index (χ3n) is 6.66. The van der Waals surface area contributed by atoms with Gasteiger partial charge >= 0.3 is 6.03 Å². The number of ether oxygens (including phenoxy) is 3. The van der Waals surface area contributed by atoms with Gasteiger partial charge in [-0.2, -0.15) is 11.8 Å². The number of nitrogens with zero attached hydrogens (tertiary/aromatic N) is 4. The van der Waals surface area contributed by atoms with E-state index in [-0.39, 0.29) is 5.41 Å². The molecule has 3 heterocycles. The fourth-order valence-corrected chi connectivity index (χ4v) is 5.38. The second kappa shape index (κ2) is 13.3. The van der Waals surface area contributed by atoms with Crippen LogP contribution in [0.1, 0.15) is 33.0 Å². The van der Waals surface area contributed by atoms with Gasteiger partial charge < -0.3 is 29.0 Å². The van der Waals surface area contributed by atoms with Crippen LogP contribution in [-0.2, 0) is 5.41 Å². The summed E-state index contributed by atoms with van der Waals surface area (Å²) in [5, 5.41) is 10.1. The van der Waals surface area contributed by atoms with Crippen molar-refractivity contribution < 1.29 is 23.5 Å². The summed E-state index contributed by atoms with van der Waals surface area (Å²) in [7, 11) is 1.61. The zero-order valence-corrected chi connectivity index (χ0v) is 25.1. The number of urea groups is 1. The molecule has 1 saturated heterocycles. The molecule has 0 atom stereocenters. The quantitative estimate of drug-likeness (QED) is 0.206. The number of anilines is 2. The number of thioether (sulfide) groups is 1. The van der Waals surface area contributed by atoms with Crippen molar-refractivity contribution >= 4 is 40.2 Å². The zero-order chi connectivity index (χ0) is 29.5. The monoisotopic (exact) mass is 592 g/mol. The van der Waals surface area contributed by atoms with Crippen LogP contribution in [0.25, 0.3) is 10.9 Å². The van der Waals surface area contributed by atoms with E-state index in [2.05, 4.69) is 30.7 Å². The SMILES string of the molecule is COc1cc2ncnc(Oc3cccc(NC(=O)Nc4cc(C(C)(C)C)on4)c3)c2cc1OCCCN1CCSCC1. The first-order chi connectivity index (χ1) is 20.3. The largest absolute Gasteiger partial charge is 0.493 e. The number of amides is 2. The van der Waals surface area contributed by atoms with E-state index in [4.69, 9.17) is 18.7 Å². The van der Waals surface area contributed by atoms with Gasteiger partial charge in [0.25, 0.3) is 0 Å². The average molecular weight is 593 g/mol. The number of aromatic nitrogens is 3. The van der Waals surface area contributed by atoms with Crippen molar-refractivity contribution in [3.8, 4) is 23.1 Å². The van der Waals surface area contributed by atoms with E-state index >= 15 is 0 Å². The van der Waals surface area contributed by atoms with Gasteiger partial charge in [-0.15, -0.1) is 0 Å². The summed E-state index contributed by atoms with van der Waals surface area (Å²) in [5.74, 6) is 5.43. The third-order valence-corrected chi connectivity index (χ3v) is 7.60. The summed E-state index contributed by atoms with van der Waals surface area (Å²) in [6.45, 7) is 9.84. The Morgan fingerprint density at radius 3 is 2.67 bits per heavy atom. The normalized spacial score (nSPS) is 14.0. The van der Waals surface area contributed by atoms with Gasteiger partial charge in [0, 0.05) is 60.4 Å². The van der Waals surface area contributed by atoms with E-state index in [0.29, 0.717) is 57.9 Å². The standard InChI is InChI=1S/C30H36N6O5S/c1-30(2,3)26-18-27(35-41-26)34-29(37)33-20-7-5-8-21(15-20)40-28-22-16-25(24(38-4)17-23(22)31-19-32-28)39-12-6-9-36-10-13-42-14-11-36/h5,7-8,15-19H,6,9-14H2,1-4H3,(H2,33,34,35,37). The molecule has 5 rings (SSSR count). The Bertz CT molecular complexity index is 1520. The minimum atomic E-state index is -0.457. The second-order valence-electron chi connectivity index (χ2n) is 10.9. The lowest BCUT2D eigenvalue weighted by Gasteiger charge is -2.25. The lowest BCUT2D eigenvalue weighted by Crippen LogP contribution is -2.33. The van der Waals surface area contributed by atoms with Crippen LogP contribution in [0, 0.1) is 0 Å². The van der Waals surface area contributed by atoms with Crippen molar-refractivity contribution in [1.82, 2.24) is 20.0 Å². The van der Waals surface area contributed by atoms with E-state index in [0.717, 1.165) is 26.1 Å². The van der Waals surface area contributed by atoms with E-state index in [1.165, 1.54) is 17.8 Å². The van der Waals surface area contributed by atoms with Gasteiger partial charge in [0.15, 0.2) is 17.3 Å². The van der Waals surface area contributed by atoms with Crippen LogP contribution in [-0.4, -0.2) is 70.9 Å². The highest BCUT2D eigenvalue weighted by Crippen LogP contribution is 2.36. The van der Waals surface area contributed by atoms with Crippen LogP contribution in [0.15, 0.2) is 53.3 Å². The highest BCUT2D eigenvalue weighted by atomic mass is 32.2. The highest BCUT2D eigenvalue weighted by Gasteiger charge is 2.20. The molecule has 12 heteroatoms. The molecule has 1 aliphatic heterocycles. The number of carbonyl (C=O) groups excluding carboxylic acids is 1. The zero-order valence-electron chi connectivity index (χ0n) is 24.3. The summed E-state index contributed by atoms with van der Waals surface area (Å²) >= 11 is 2.01. The van der Waals surface area contributed by atoms with Crippen LogP contribution in [0.3, 0.4) is 0 Å². The summed E-state index contributed by atoms with van der Waals surface area (Å²) in [6.07, 6.45) is 2.36. The van der Waals surface area contributed by atoms with Crippen molar-refractivity contribution in [1.29, 1.82) is 0 Å². The van der Waals surface area contributed by atoms with Crippen molar-refractivity contribution in [2.75, 3.05) is 55.5 Å². The molecular formula is C30H36N6O5S. The van der Waals surface area contributed by atoms with Gasteiger partial charge in [0.05, 0.1) is 24.6 Å². The predicted octanol–water partition coefficient (Wildman–Crippen LogP) is 6.18. The number of nitrogens with one attached hydrogen (secondary N) is 2. The van der Waals surface area contributed by atoms with Gasteiger partial charge in [-0.1, -0.05) is 32.0 Å². The van der Waals surface area contributed by atoms with Crippen LogP contribution in [0.4, 0.5) is 16.3 Å². The molecule has 1 aliphatic rings. The molecule has 2 aromatic carbocycles. The minimum absolute atomic E-state index is 0.218. The molecule has 0 radical (unpaired) electrons. The van der Waals surface area contributed by atoms with Crippen molar-refractivity contribution in [3.63, 3.8) is 0 Å². The maximum atomic E-state index is 12.6. The lowest BCUT2D eigenvalue weighted by molar-refractivity contribution is 0.242. The van der Waals surface area contributed by atoms with Gasteiger partial charge in [-0.3, -0.25) is 5.32 Å². The van der Waals surface area contributed by atoms with Gasteiger partial charge in [-0.25, -0.2) is 14.8 Å².